The Hall–Kier alpha value is -1.75. The molecule has 0 aliphatic carbocycles. The van der Waals surface area contributed by atoms with Gasteiger partial charge in [-0.3, -0.25) is 0 Å². The molecule has 106 valence electrons. The summed E-state index contributed by atoms with van der Waals surface area (Å²) in [5.41, 5.74) is 8.41. The van der Waals surface area contributed by atoms with Gasteiger partial charge in [0.2, 0.25) is 0 Å². The topological polar surface area (TPSA) is 71.1 Å². The molecule has 0 amide bonds. The van der Waals surface area contributed by atoms with E-state index in [0.717, 1.165) is 23.4 Å². The fourth-order valence-corrected chi connectivity index (χ4v) is 1.78. The van der Waals surface area contributed by atoms with Crippen molar-refractivity contribution in [1.82, 2.24) is 0 Å². The third-order valence-corrected chi connectivity index (χ3v) is 2.91. The minimum Gasteiger partial charge on any atom is -0.409 e. The van der Waals surface area contributed by atoms with Crippen LogP contribution in [-0.2, 0) is 4.74 Å². The molecule has 0 saturated heterocycles. The highest BCUT2D eigenvalue weighted by Gasteiger charge is 2.07. The second kappa shape index (κ2) is 6.99. The van der Waals surface area contributed by atoms with Gasteiger partial charge in [0.1, 0.15) is 0 Å². The number of amidine groups is 1. The van der Waals surface area contributed by atoms with Crippen molar-refractivity contribution in [3.8, 4) is 0 Å². The SMILES string of the molecule is Cc1cc(N(C)CCOC(C)C)ccc1/C(N)=N/O. The first-order valence-electron chi connectivity index (χ1n) is 6.37. The molecule has 0 spiro atoms. The summed E-state index contributed by atoms with van der Waals surface area (Å²) in [7, 11) is 2.02. The Morgan fingerprint density at radius 3 is 2.68 bits per heavy atom. The number of nitrogens with zero attached hydrogens (tertiary/aromatic N) is 2. The van der Waals surface area contributed by atoms with Crippen LogP contribution in [0.25, 0.3) is 0 Å². The van der Waals surface area contributed by atoms with Crippen molar-refractivity contribution in [2.24, 2.45) is 10.9 Å². The van der Waals surface area contributed by atoms with Crippen LogP contribution < -0.4 is 10.6 Å². The molecule has 0 bridgehead atoms. The molecule has 1 rings (SSSR count). The number of hydrogen-bond acceptors (Lipinski definition) is 4. The lowest BCUT2D eigenvalue weighted by molar-refractivity contribution is 0.0846. The lowest BCUT2D eigenvalue weighted by Gasteiger charge is -2.21. The van der Waals surface area contributed by atoms with E-state index in [0.29, 0.717) is 6.61 Å². The first kappa shape index (κ1) is 15.3. The van der Waals surface area contributed by atoms with Gasteiger partial charge in [0.25, 0.3) is 0 Å². The van der Waals surface area contributed by atoms with Crippen LogP contribution in [0, 0.1) is 6.92 Å². The van der Waals surface area contributed by atoms with Crippen molar-refractivity contribution >= 4 is 11.5 Å². The molecule has 0 heterocycles. The molecule has 19 heavy (non-hydrogen) atoms. The molecule has 1 aromatic carbocycles. The van der Waals surface area contributed by atoms with Gasteiger partial charge in [0.05, 0.1) is 12.7 Å². The minimum absolute atomic E-state index is 0.134. The van der Waals surface area contributed by atoms with E-state index in [4.69, 9.17) is 15.7 Å². The lowest BCUT2D eigenvalue weighted by Crippen LogP contribution is -2.24. The summed E-state index contributed by atoms with van der Waals surface area (Å²) in [5.74, 6) is 0.134. The number of hydrogen-bond donors (Lipinski definition) is 2. The van der Waals surface area contributed by atoms with Gasteiger partial charge < -0.3 is 20.6 Å². The molecule has 0 radical (unpaired) electrons. The van der Waals surface area contributed by atoms with E-state index in [-0.39, 0.29) is 11.9 Å². The number of likely N-dealkylation sites (N-methyl/N-ethyl adjacent to an activating group) is 1. The zero-order chi connectivity index (χ0) is 14.4. The second-order valence-electron chi connectivity index (χ2n) is 4.83. The molecule has 3 N–H and O–H groups in total. The van der Waals surface area contributed by atoms with Gasteiger partial charge in [-0.15, -0.1) is 0 Å². The fourth-order valence-electron chi connectivity index (χ4n) is 1.78. The van der Waals surface area contributed by atoms with Crippen LogP contribution in [-0.4, -0.2) is 37.3 Å². The number of anilines is 1. The van der Waals surface area contributed by atoms with E-state index in [9.17, 15) is 0 Å². The summed E-state index contributed by atoms with van der Waals surface area (Å²) in [6, 6.07) is 5.83. The smallest absolute Gasteiger partial charge is 0.170 e. The Labute approximate surface area is 114 Å². The number of nitrogens with two attached hydrogens (primary N) is 1. The van der Waals surface area contributed by atoms with Crippen molar-refractivity contribution in [3.63, 3.8) is 0 Å². The number of oxime groups is 1. The molecule has 0 aromatic heterocycles. The van der Waals surface area contributed by atoms with Crippen LogP contribution in [0.2, 0.25) is 0 Å². The maximum absolute atomic E-state index is 8.70. The molecule has 0 aliphatic heterocycles. The summed E-state index contributed by atoms with van der Waals surface area (Å²) in [4.78, 5) is 2.12. The standard InChI is InChI=1S/C14H23N3O2/c1-10(2)19-8-7-17(4)12-5-6-13(11(3)9-12)14(15)16-18/h5-6,9-10,18H,7-8H2,1-4H3,(H2,15,16). The molecule has 0 unspecified atom stereocenters. The second-order valence-corrected chi connectivity index (χ2v) is 4.83. The average Bonchev–Trinajstić information content (AvgIpc) is 2.37. The molecule has 0 aliphatic rings. The molecule has 0 fully saturated rings. The van der Waals surface area contributed by atoms with Crippen molar-refractivity contribution in [2.45, 2.75) is 26.9 Å². The van der Waals surface area contributed by atoms with Gasteiger partial charge in [-0.05, 0) is 44.5 Å². The van der Waals surface area contributed by atoms with E-state index in [1.807, 2.05) is 46.0 Å². The quantitative estimate of drug-likeness (QED) is 0.357. The summed E-state index contributed by atoms with van der Waals surface area (Å²) in [5, 5.41) is 11.7. The Bertz CT molecular complexity index is 444. The third kappa shape index (κ3) is 4.44. The maximum atomic E-state index is 8.70. The molecular formula is C14H23N3O2. The van der Waals surface area contributed by atoms with Crippen molar-refractivity contribution in [2.75, 3.05) is 25.1 Å². The molecule has 5 nitrogen and oxygen atoms in total. The summed E-state index contributed by atoms with van der Waals surface area (Å²) < 4.78 is 5.53. The van der Waals surface area contributed by atoms with Crippen molar-refractivity contribution in [1.29, 1.82) is 0 Å². The summed E-state index contributed by atoms with van der Waals surface area (Å²) >= 11 is 0. The first-order chi connectivity index (χ1) is 8.95. The number of benzene rings is 1. The van der Waals surface area contributed by atoms with Crippen molar-refractivity contribution in [3.05, 3.63) is 29.3 Å². The molecular weight excluding hydrogens is 242 g/mol. The lowest BCUT2D eigenvalue weighted by atomic mass is 10.1. The van der Waals surface area contributed by atoms with Crippen LogP contribution in [0.4, 0.5) is 5.69 Å². The van der Waals surface area contributed by atoms with E-state index in [2.05, 4.69) is 10.1 Å². The van der Waals surface area contributed by atoms with E-state index < -0.39 is 0 Å². The predicted molar refractivity (Wildman–Crippen MR) is 78.0 cm³/mol. The molecule has 5 heteroatoms. The summed E-state index contributed by atoms with van der Waals surface area (Å²) in [6.45, 7) is 7.50. The van der Waals surface area contributed by atoms with Crippen LogP contribution in [0.5, 0.6) is 0 Å². The zero-order valence-corrected chi connectivity index (χ0v) is 12.1. The number of aryl methyl sites for hydroxylation is 1. The average molecular weight is 265 g/mol. The molecule has 0 saturated carbocycles. The Morgan fingerprint density at radius 1 is 1.47 bits per heavy atom. The van der Waals surface area contributed by atoms with Crippen LogP contribution >= 0.6 is 0 Å². The maximum Gasteiger partial charge on any atom is 0.170 e. The van der Waals surface area contributed by atoms with Gasteiger partial charge >= 0.3 is 0 Å². The monoisotopic (exact) mass is 265 g/mol. The Kier molecular flexibility index (Phi) is 5.63. The highest BCUT2D eigenvalue weighted by molar-refractivity contribution is 5.98. The van der Waals surface area contributed by atoms with Crippen LogP contribution in [0.1, 0.15) is 25.0 Å². The normalized spacial score (nSPS) is 11.9. The molecule has 0 atom stereocenters. The van der Waals surface area contributed by atoms with Gasteiger partial charge in [-0.1, -0.05) is 5.16 Å². The fraction of sp³-hybridized carbons (Fsp3) is 0.500. The highest BCUT2D eigenvalue weighted by atomic mass is 16.5. The van der Waals surface area contributed by atoms with Gasteiger partial charge in [-0.25, -0.2) is 0 Å². The largest absolute Gasteiger partial charge is 0.409 e. The van der Waals surface area contributed by atoms with E-state index in [1.165, 1.54) is 0 Å². The Morgan fingerprint density at radius 2 is 2.16 bits per heavy atom. The Balaban J connectivity index is 2.72. The summed E-state index contributed by atoms with van der Waals surface area (Å²) in [6.07, 6.45) is 0.248. The third-order valence-electron chi connectivity index (χ3n) is 2.91. The van der Waals surface area contributed by atoms with Gasteiger partial charge in [-0.2, -0.15) is 0 Å². The zero-order valence-electron chi connectivity index (χ0n) is 12.1. The highest BCUT2D eigenvalue weighted by Crippen LogP contribution is 2.18. The van der Waals surface area contributed by atoms with Gasteiger partial charge in [0, 0.05) is 24.8 Å². The molecule has 1 aromatic rings. The van der Waals surface area contributed by atoms with Crippen LogP contribution in [0.3, 0.4) is 0 Å². The van der Waals surface area contributed by atoms with E-state index in [1.54, 1.807) is 0 Å². The number of rotatable bonds is 6. The van der Waals surface area contributed by atoms with Gasteiger partial charge in [0.15, 0.2) is 5.84 Å². The predicted octanol–water partition coefficient (Wildman–Crippen LogP) is 1.95. The number of ether oxygens (including phenoxy) is 1. The van der Waals surface area contributed by atoms with E-state index >= 15 is 0 Å². The minimum atomic E-state index is 0.134. The first-order valence-corrected chi connectivity index (χ1v) is 6.37. The van der Waals surface area contributed by atoms with Crippen molar-refractivity contribution < 1.29 is 9.94 Å². The van der Waals surface area contributed by atoms with Crippen LogP contribution in [0.15, 0.2) is 23.4 Å².